The Labute approximate surface area is 195 Å². The van der Waals surface area contributed by atoms with Crippen molar-refractivity contribution in [3.8, 4) is 0 Å². The van der Waals surface area contributed by atoms with E-state index in [0.29, 0.717) is 18.9 Å². The van der Waals surface area contributed by atoms with Crippen molar-refractivity contribution in [3.05, 3.63) is 59.4 Å². The monoisotopic (exact) mass is 444 g/mol. The normalized spacial score (nSPS) is 19.6. The summed E-state index contributed by atoms with van der Waals surface area (Å²) in [5.41, 5.74) is 5.06. The van der Waals surface area contributed by atoms with Gasteiger partial charge >= 0.3 is 0 Å². The van der Waals surface area contributed by atoms with Crippen LogP contribution in [0.2, 0.25) is 0 Å². The molecule has 2 aliphatic rings. The Kier molecular flexibility index (Phi) is 5.69. The Bertz CT molecular complexity index is 1190. The number of para-hydroxylation sites is 3. The van der Waals surface area contributed by atoms with E-state index in [1.54, 1.807) is 0 Å². The van der Waals surface area contributed by atoms with Gasteiger partial charge in [0, 0.05) is 37.7 Å². The van der Waals surface area contributed by atoms with Crippen LogP contribution in [-0.4, -0.2) is 45.9 Å². The summed E-state index contributed by atoms with van der Waals surface area (Å²) in [6.45, 7) is 8.87. The van der Waals surface area contributed by atoms with Crippen molar-refractivity contribution in [2.24, 2.45) is 5.92 Å². The molecule has 1 atom stereocenters. The number of aryl methyl sites for hydroxylation is 2. The topological polar surface area (TPSA) is 58.4 Å². The molecule has 1 aromatic heterocycles. The molecule has 0 radical (unpaired) electrons. The standard InChI is InChI=1S/C27H32N4O2/c1-18-11-13-29(14-12-18)25(33)17-30-23-10-5-4-9-22(23)28-27(30)21-15-24(32)31(16-21)26-19(2)7-6-8-20(26)3/h4-10,18,21H,11-17H2,1-3H3/t21-/m0/s1. The van der Waals surface area contributed by atoms with Gasteiger partial charge in [0.2, 0.25) is 11.8 Å². The van der Waals surface area contributed by atoms with Crippen LogP contribution in [0, 0.1) is 19.8 Å². The van der Waals surface area contributed by atoms with Gasteiger partial charge in [0.15, 0.2) is 0 Å². The summed E-state index contributed by atoms with van der Waals surface area (Å²) in [4.78, 5) is 35.1. The maximum atomic E-state index is 13.2. The Hall–Kier alpha value is -3.15. The summed E-state index contributed by atoms with van der Waals surface area (Å²) in [6.07, 6.45) is 2.53. The van der Waals surface area contributed by atoms with Crippen molar-refractivity contribution >= 4 is 28.5 Å². The number of amides is 2. The maximum Gasteiger partial charge on any atom is 0.242 e. The summed E-state index contributed by atoms with van der Waals surface area (Å²) in [6, 6.07) is 14.1. The number of anilines is 1. The molecule has 2 aliphatic heterocycles. The van der Waals surface area contributed by atoms with E-state index in [1.165, 1.54) is 0 Å². The number of nitrogens with zero attached hydrogens (tertiary/aromatic N) is 4. The molecule has 0 bridgehead atoms. The second-order valence-electron chi connectivity index (χ2n) is 9.75. The first-order chi connectivity index (χ1) is 15.9. The molecule has 172 valence electrons. The zero-order chi connectivity index (χ0) is 23.1. The van der Waals surface area contributed by atoms with E-state index in [9.17, 15) is 9.59 Å². The van der Waals surface area contributed by atoms with Gasteiger partial charge in [0.05, 0.1) is 11.0 Å². The first-order valence-electron chi connectivity index (χ1n) is 12.0. The lowest BCUT2D eigenvalue weighted by atomic mass is 9.99. The zero-order valence-electron chi connectivity index (χ0n) is 19.8. The molecule has 0 unspecified atom stereocenters. The molecular weight excluding hydrogens is 412 g/mol. The largest absolute Gasteiger partial charge is 0.341 e. The van der Waals surface area contributed by atoms with Gasteiger partial charge in [0.25, 0.3) is 0 Å². The fourth-order valence-electron chi connectivity index (χ4n) is 5.39. The van der Waals surface area contributed by atoms with Crippen LogP contribution in [0.4, 0.5) is 5.69 Å². The van der Waals surface area contributed by atoms with Crippen LogP contribution >= 0.6 is 0 Å². The Morgan fingerprint density at radius 1 is 1.03 bits per heavy atom. The highest BCUT2D eigenvalue weighted by Gasteiger charge is 2.36. The van der Waals surface area contributed by atoms with Crippen LogP contribution in [0.3, 0.4) is 0 Å². The third kappa shape index (κ3) is 4.03. The molecule has 5 rings (SSSR count). The second-order valence-corrected chi connectivity index (χ2v) is 9.75. The lowest BCUT2D eigenvalue weighted by Gasteiger charge is -2.30. The van der Waals surface area contributed by atoms with Gasteiger partial charge in [-0.2, -0.15) is 0 Å². The second kappa shape index (κ2) is 8.65. The van der Waals surface area contributed by atoms with E-state index < -0.39 is 0 Å². The predicted octanol–water partition coefficient (Wildman–Crippen LogP) is 4.43. The number of carbonyl (C=O) groups is 2. The van der Waals surface area contributed by atoms with Crippen molar-refractivity contribution in [2.45, 2.75) is 52.5 Å². The van der Waals surface area contributed by atoms with Gasteiger partial charge in [-0.15, -0.1) is 0 Å². The van der Waals surface area contributed by atoms with Crippen molar-refractivity contribution in [1.82, 2.24) is 14.5 Å². The lowest BCUT2D eigenvalue weighted by molar-refractivity contribution is -0.133. The molecule has 2 fully saturated rings. The molecule has 2 aromatic carbocycles. The van der Waals surface area contributed by atoms with Crippen molar-refractivity contribution in [2.75, 3.05) is 24.5 Å². The van der Waals surface area contributed by atoms with Gasteiger partial charge in [-0.25, -0.2) is 4.98 Å². The van der Waals surface area contributed by atoms with Crippen molar-refractivity contribution in [3.63, 3.8) is 0 Å². The number of carbonyl (C=O) groups excluding carboxylic acids is 2. The molecule has 6 heteroatoms. The van der Waals surface area contributed by atoms with E-state index in [4.69, 9.17) is 4.98 Å². The highest BCUT2D eigenvalue weighted by molar-refractivity contribution is 5.98. The summed E-state index contributed by atoms with van der Waals surface area (Å²) in [5.74, 6) is 1.74. The molecule has 0 aliphatic carbocycles. The van der Waals surface area contributed by atoms with Crippen LogP contribution in [0.25, 0.3) is 11.0 Å². The van der Waals surface area contributed by atoms with Crippen LogP contribution in [0.15, 0.2) is 42.5 Å². The molecule has 2 saturated heterocycles. The number of aromatic nitrogens is 2. The number of hydrogen-bond acceptors (Lipinski definition) is 3. The summed E-state index contributed by atoms with van der Waals surface area (Å²) in [7, 11) is 0. The predicted molar refractivity (Wildman–Crippen MR) is 130 cm³/mol. The van der Waals surface area contributed by atoms with Crippen LogP contribution in [0.1, 0.15) is 49.1 Å². The maximum absolute atomic E-state index is 13.2. The van der Waals surface area contributed by atoms with E-state index in [2.05, 4.69) is 37.5 Å². The third-order valence-corrected chi connectivity index (χ3v) is 7.31. The van der Waals surface area contributed by atoms with Crippen LogP contribution < -0.4 is 4.90 Å². The fraction of sp³-hybridized carbons (Fsp3) is 0.444. The number of imidazole rings is 1. The van der Waals surface area contributed by atoms with Crippen molar-refractivity contribution in [1.29, 1.82) is 0 Å². The average molecular weight is 445 g/mol. The summed E-state index contributed by atoms with van der Waals surface area (Å²) >= 11 is 0. The molecule has 3 heterocycles. The summed E-state index contributed by atoms with van der Waals surface area (Å²) in [5, 5.41) is 0. The number of likely N-dealkylation sites (tertiary alicyclic amines) is 1. The van der Waals surface area contributed by atoms with Gasteiger partial charge < -0.3 is 14.4 Å². The lowest BCUT2D eigenvalue weighted by Crippen LogP contribution is -2.40. The zero-order valence-corrected chi connectivity index (χ0v) is 19.8. The first kappa shape index (κ1) is 21.7. The number of fused-ring (bicyclic) bond motifs is 1. The highest BCUT2D eigenvalue weighted by Crippen LogP contribution is 2.36. The number of benzene rings is 2. The Morgan fingerprint density at radius 2 is 1.73 bits per heavy atom. The third-order valence-electron chi connectivity index (χ3n) is 7.31. The molecular formula is C27H32N4O2. The van der Waals surface area contributed by atoms with Gasteiger partial charge in [0.1, 0.15) is 12.4 Å². The van der Waals surface area contributed by atoms with Crippen molar-refractivity contribution < 1.29 is 9.59 Å². The molecule has 3 aromatic rings. The first-order valence-corrected chi connectivity index (χ1v) is 12.0. The summed E-state index contributed by atoms with van der Waals surface area (Å²) < 4.78 is 2.06. The Balaban J connectivity index is 1.46. The molecule has 0 N–H and O–H groups in total. The minimum Gasteiger partial charge on any atom is -0.341 e. The molecule has 2 amide bonds. The number of hydrogen-bond donors (Lipinski definition) is 0. The van der Waals surface area contributed by atoms with E-state index in [1.807, 2.05) is 40.1 Å². The van der Waals surface area contributed by atoms with Crippen LogP contribution in [-0.2, 0) is 16.1 Å². The quantitative estimate of drug-likeness (QED) is 0.598. The molecule has 0 spiro atoms. The van der Waals surface area contributed by atoms with Gasteiger partial charge in [-0.3, -0.25) is 9.59 Å². The average Bonchev–Trinajstić information content (AvgIpc) is 3.35. The van der Waals surface area contributed by atoms with Crippen LogP contribution in [0.5, 0.6) is 0 Å². The van der Waals surface area contributed by atoms with Gasteiger partial charge in [-0.1, -0.05) is 37.3 Å². The smallest absolute Gasteiger partial charge is 0.242 e. The van der Waals surface area contributed by atoms with E-state index >= 15 is 0 Å². The van der Waals surface area contributed by atoms with E-state index in [-0.39, 0.29) is 24.3 Å². The molecule has 6 nitrogen and oxygen atoms in total. The van der Waals surface area contributed by atoms with E-state index in [0.717, 1.165) is 59.6 Å². The fourth-order valence-corrected chi connectivity index (χ4v) is 5.39. The SMILES string of the molecule is Cc1cccc(C)c1N1C[C@@H](c2nc3ccccc3n2CC(=O)N2CCC(C)CC2)CC1=O. The molecule has 0 saturated carbocycles. The van der Waals surface area contributed by atoms with Gasteiger partial charge in [-0.05, 0) is 55.9 Å². The number of rotatable bonds is 4. The Morgan fingerprint density at radius 3 is 2.45 bits per heavy atom. The molecule has 33 heavy (non-hydrogen) atoms. The minimum absolute atomic E-state index is 0.0434. The highest BCUT2D eigenvalue weighted by atomic mass is 16.2. The minimum atomic E-state index is -0.0434. The number of piperidine rings is 1.